The molecule has 0 saturated carbocycles. The summed E-state index contributed by atoms with van der Waals surface area (Å²) in [5, 5.41) is 11.1. The van der Waals surface area contributed by atoms with E-state index in [1.807, 2.05) is 38.1 Å². The zero-order valence-corrected chi connectivity index (χ0v) is 13.2. The standard InChI is InChI=1S/C17H18BrFO/c1-12-11-15(19)7-8-16(12)13-3-5-14(6-4-13)17(2,20)9-10-18/h3-8,11,20H,9-10H2,1-2H3. The van der Waals surface area contributed by atoms with Crippen molar-refractivity contribution >= 4 is 15.9 Å². The molecule has 1 atom stereocenters. The highest BCUT2D eigenvalue weighted by Crippen LogP contribution is 2.29. The number of benzene rings is 2. The molecule has 0 radical (unpaired) electrons. The number of hydrogen-bond acceptors (Lipinski definition) is 1. The molecule has 2 rings (SSSR count). The van der Waals surface area contributed by atoms with Crippen molar-refractivity contribution in [2.75, 3.05) is 5.33 Å². The lowest BCUT2D eigenvalue weighted by molar-refractivity contribution is 0.0547. The lowest BCUT2D eigenvalue weighted by atomic mass is 9.91. The lowest BCUT2D eigenvalue weighted by Crippen LogP contribution is -2.21. The highest BCUT2D eigenvalue weighted by molar-refractivity contribution is 9.09. The highest BCUT2D eigenvalue weighted by Gasteiger charge is 2.21. The van der Waals surface area contributed by atoms with Gasteiger partial charge < -0.3 is 5.11 Å². The number of aliphatic hydroxyl groups is 1. The maximum atomic E-state index is 13.1. The van der Waals surface area contributed by atoms with Gasteiger partial charge in [0.05, 0.1) is 5.60 Å². The van der Waals surface area contributed by atoms with Gasteiger partial charge in [0.2, 0.25) is 0 Å². The minimum Gasteiger partial charge on any atom is -0.385 e. The molecule has 1 N–H and O–H groups in total. The molecule has 20 heavy (non-hydrogen) atoms. The van der Waals surface area contributed by atoms with Crippen LogP contribution in [0.15, 0.2) is 42.5 Å². The topological polar surface area (TPSA) is 20.2 Å². The first kappa shape index (κ1) is 15.2. The number of alkyl halides is 1. The van der Waals surface area contributed by atoms with Crippen molar-refractivity contribution < 1.29 is 9.50 Å². The summed E-state index contributed by atoms with van der Waals surface area (Å²) in [6, 6.07) is 12.6. The Bertz CT molecular complexity index is 590. The number of hydrogen-bond donors (Lipinski definition) is 1. The summed E-state index contributed by atoms with van der Waals surface area (Å²) >= 11 is 3.35. The fraction of sp³-hybridized carbons (Fsp3) is 0.294. The maximum absolute atomic E-state index is 13.1. The van der Waals surface area contributed by atoms with Crippen molar-refractivity contribution in [2.45, 2.75) is 25.9 Å². The van der Waals surface area contributed by atoms with E-state index in [9.17, 15) is 9.50 Å². The molecule has 1 unspecified atom stereocenters. The first-order chi connectivity index (χ1) is 9.44. The zero-order chi connectivity index (χ0) is 14.8. The Morgan fingerprint density at radius 2 is 1.80 bits per heavy atom. The van der Waals surface area contributed by atoms with Gasteiger partial charge in [-0.15, -0.1) is 0 Å². The molecule has 0 heterocycles. The third-order valence-corrected chi connectivity index (χ3v) is 3.98. The van der Waals surface area contributed by atoms with Crippen molar-refractivity contribution in [3.05, 3.63) is 59.4 Å². The quantitative estimate of drug-likeness (QED) is 0.795. The fourth-order valence-corrected chi connectivity index (χ4v) is 3.06. The third-order valence-electron chi connectivity index (χ3n) is 3.59. The Morgan fingerprint density at radius 1 is 1.15 bits per heavy atom. The Morgan fingerprint density at radius 3 is 2.35 bits per heavy atom. The average Bonchev–Trinajstić information content (AvgIpc) is 2.39. The Labute approximate surface area is 127 Å². The lowest BCUT2D eigenvalue weighted by Gasteiger charge is -2.23. The summed E-state index contributed by atoms with van der Waals surface area (Å²) in [5.74, 6) is -0.219. The predicted molar refractivity (Wildman–Crippen MR) is 84.6 cm³/mol. The molecule has 2 aromatic carbocycles. The molecule has 3 heteroatoms. The molecule has 0 amide bonds. The maximum Gasteiger partial charge on any atom is 0.123 e. The van der Waals surface area contributed by atoms with Crippen molar-refractivity contribution in [3.8, 4) is 11.1 Å². The number of halogens is 2. The molecule has 0 aliphatic rings. The van der Waals surface area contributed by atoms with Gasteiger partial charge in [0.15, 0.2) is 0 Å². The molecule has 1 nitrogen and oxygen atoms in total. The van der Waals surface area contributed by atoms with Gasteiger partial charge in [0.1, 0.15) is 5.82 Å². The zero-order valence-electron chi connectivity index (χ0n) is 11.7. The van der Waals surface area contributed by atoms with E-state index >= 15 is 0 Å². The Balaban J connectivity index is 2.33. The van der Waals surface area contributed by atoms with E-state index in [4.69, 9.17) is 0 Å². The molecule has 0 aromatic heterocycles. The van der Waals surface area contributed by atoms with Gasteiger partial charge in [-0.2, -0.15) is 0 Å². The van der Waals surface area contributed by atoms with Crippen LogP contribution in [0.3, 0.4) is 0 Å². The molecule has 0 saturated heterocycles. The monoisotopic (exact) mass is 336 g/mol. The van der Waals surface area contributed by atoms with Crippen LogP contribution < -0.4 is 0 Å². The van der Waals surface area contributed by atoms with Crippen molar-refractivity contribution in [3.63, 3.8) is 0 Å². The third kappa shape index (κ3) is 3.28. The molecule has 0 spiro atoms. The molecule has 0 fully saturated rings. The van der Waals surface area contributed by atoms with Gasteiger partial charge >= 0.3 is 0 Å². The first-order valence-corrected chi connectivity index (χ1v) is 7.71. The van der Waals surface area contributed by atoms with E-state index in [0.29, 0.717) is 6.42 Å². The summed E-state index contributed by atoms with van der Waals surface area (Å²) in [7, 11) is 0. The van der Waals surface area contributed by atoms with E-state index in [1.54, 1.807) is 6.07 Å². The molecule has 0 aliphatic heterocycles. The largest absolute Gasteiger partial charge is 0.385 e. The fourth-order valence-electron chi connectivity index (χ4n) is 2.29. The summed E-state index contributed by atoms with van der Waals surface area (Å²) in [6.45, 7) is 3.71. The van der Waals surface area contributed by atoms with Crippen molar-refractivity contribution in [1.82, 2.24) is 0 Å². The van der Waals surface area contributed by atoms with E-state index in [2.05, 4.69) is 15.9 Å². The summed E-state index contributed by atoms with van der Waals surface area (Å²) in [4.78, 5) is 0. The normalized spacial score (nSPS) is 14.1. The van der Waals surface area contributed by atoms with Gasteiger partial charge in [-0.25, -0.2) is 4.39 Å². The van der Waals surface area contributed by atoms with Crippen molar-refractivity contribution in [1.29, 1.82) is 0 Å². The minimum atomic E-state index is -0.833. The number of aryl methyl sites for hydroxylation is 1. The summed E-state index contributed by atoms with van der Waals surface area (Å²) in [5.41, 5.74) is 3.00. The molecule has 106 valence electrons. The van der Waals surface area contributed by atoms with Crippen LogP contribution in [0.25, 0.3) is 11.1 Å². The Kier molecular flexibility index (Phi) is 4.61. The summed E-state index contributed by atoms with van der Waals surface area (Å²) in [6.07, 6.45) is 0.655. The second-order valence-electron chi connectivity index (χ2n) is 5.25. The van der Waals surface area contributed by atoms with Crippen LogP contribution in [0.2, 0.25) is 0 Å². The highest BCUT2D eigenvalue weighted by atomic mass is 79.9. The van der Waals surface area contributed by atoms with Crippen LogP contribution in [0.1, 0.15) is 24.5 Å². The van der Waals surface area contributed by atoms with E-state index in [-0.39, 0.29) is 5.82 Å². The predicted octanol–water partition coefficient (Wildman–Crippen LogP) is 4.79. The van der Waals surface area contributed by atoms with Crippen LogP contribution in [0, 0.1) is 12.7 Å². The van der Waals surface area contributed by atoms with E-state index in [1.165, 1.54) is 12.1 Å². The van der Waals surface area contributed by atoms with Crippen LogP contribution in [-0.4, -0.2) is 10.4 Å². The Hall–Kier alpha value is -1.19. The smallest absolute Gasteiger partial charge is 0.123 e. The second-order valence-corrected chi connectivity index (χ2v) is 6.04. The second kappa shape index (κ2) is 6.06. The molecular formula is C17H18BrFO. The van der Waals surface area contributed by atoms with Gasteiger partial charge in [-0.3, -0.25) is 0 Å². The van der Waals surface area contributed by atoms with Gasteiger partial charge in [-0.05, 0) is 54.7 Å². The average molecular weight is 337 g/mol. The van der Waals surface area contributed by atoms with E-state index in [0.717, 1.165) is 27.6 Å². The first-order valence-electron chi connectivity index (χ1n) is 6.59. The van der Waals surface area contributed by atoms with Gasteiger partial charge in [-0.1, -0.05) is 46.3 Å². The van der Waals surface area contributed by atoms with Crippen molar-refractivity contribution in [2.24, 2.45) is 0 Å². The van der Waals surface area contributed by atoms with Crippen LogP contribution in [-0.2, 0) is 5.60 Å². The minimum absolute atomic E-state index is 0.219. The molecule has 0 aliphatic carbocycles. The van der Waals surface area contributed by atoms with Crippen LogP contribution in [0.4, 0.5) is 4.39 Å². The molecule has 0 bridgehead atoms. The number of rotatable bonds is 4. The van der Waals surface area contributed by atoms with Gasteiger partial charge in [0, 0.05) is 5.33 Å². The molecular weight excluding hydrogens is 319 g/mol. The van der Waals surface area contributed by atoms with Crippen LogP contribution >= 0.6 is 15.9 Å². The van der Waals surface area contributed by atoms with Gasteiger partial charge in [0.25, 0.3) is 0 Å². The SMILES string of the molecule is Cc1cc(F)ccc1-c1ccc(C(C)(O)CCBr)cc1. The molecule has 2 aromatic rings. The van der Waals surface area contributed by atoms with Crippen LogP contribution in [0.5, 0.6) is 0 Å². The van der Waals surface area contributed by atoms with E-state index < -0.39 is 5.60 Å². The summed E-state index contributed by atoms with van der Waals surface area (Å²) < 4.78 is 13.1.